The molecule has 0 aliphatic heterocycles. The van der Waals surface area contributed by atoms with Crippen LogP contribution in [0.2, 0.25) is 0 Å². The van der Waals surface area contributed by atoms with Crippen molar-refractivity contribution in [1.82, 2.24) is 25.9 Å². The van der Waals surface area contributed by atoms with E-state index in [1.165, 1.54) is 19.4 Å². The summed E-state index contributed by atoms with van der Waals surface area (Å²) in [4.78, 5) is 54.7. The summed E-state index contributed by atoms with van der Waals surface area (Å²) in [7, 11) is 0. The molecule has 0 spiro atoms. The van der Waals surface area contributed by atoms with E-state index in [2.05, 4.69) is 20.6 Å². The molecule has 1 rings (SSSR count). The first-order valence-corrected chi connectivity index (χ1v) is 9.31. The van der Waals surface area contributed by atoms with Gasteiger partial charge in [-0.25, -0.2) is 9.78 Å². The number of carbonyl (C=O) groups excluding carboxylic acids is 3. The maximum absolute atomic E-state index is 12.6. The summed E-state index contributed by atoms with van der Waals surface area (Å²) in [6, 6.07) is -5.88. The molecule has 0 aliphatic carbocycles. The highest BCUT2D eigenvalue weighted by Crippen LogP contribution is 2.02. The lowest BCUT2D eigenvalue weighted by molar-refractivity contribution is -0.144. The molecule has 1 aromatic heterocycles. The second kappa shape index (κ2) is 11.9. The van der Waals surface area contributed by atoms with Crippen LogP contribution in [0.25, 0.3) is 0 Å². The van der Waals surface area contributed by atoms with Crippen molar-refractivity contribution in [2.24, 2.45) is 5.73 Å². The number of aromatic nitrogens is 2. The van der Waals surface area contributed by atoms with Gasteiger partial charge in [-0.15, -0.1) is 0 Å². The van der Waals surface area contributed by atoms with Crippen LogP contribution in [0.3, 0.4) is 0 Å². The number of aliphatic hydroxyl groups excluding tert-OH is 3. The van der Waals surface area contributed by atoms with Crippen LogP contribution in [-0.2, 0) is 25.6 Å². The lowest BCUT2D eigenvalue weighted by Gasteiger charge is -2.27. The SMILES string of the molecule is CC(O)C(NC(=O)C(N)Cc1cnc[nH]1)C(=O)NC(C(=O)NC(CO)C(=O)O)C(C)O. The first-order valence-electron chi connectivity index (χ1n) is 9.31. The van der Waals surface area contributed by atoms with Gasteiger partial charge in [0.15, 0.2) is 0 Å². The maximum atomic E-state index is 12.6. The summed E-state index contributed by atoms with van der Waals surface area (Å²) in [5.74, 6) is -4.39. The summed E-state index contributed by atoms with van der Waals surface area (Å²) in [6.45, 7) is 1.46. The number of aliphatic carboxylic acids is 1. The van der Waals surface area contributed by atoms with E-state index in [0.29, 0.717) is 5.69 Å². The minimum Gasteiger partial charge on any atom is -0.480 e. The van der Waals surface area contributed by atoms with Crippen molar-refractivity contribution in [2.45, 2.75) is 56.6 Å². The number of carbonyl (C=O) groups is 4. The van der Waals surface area contributed by atoms with E-state index in [1.807, 2.05) is 5.32 Å². The largest absolute Gasteiger partial charge is 0.480 e. The average Bonchev–Trinajstić information content (AvgIpc) is 3.19. The van der Waals surface area contributed by atoms with Crippen molar-refractivity contribution in [3.05, 3.63) is 18.2 Å². The fourth-order valence-electron chi connectivity index (χ4n) is 2.49. The fourth-order valence-corrected chi connectivity index (χ4v) is 2.49. The van der Waals surface area contributed by atoms with E-state index in [-0.39, 0.29) is 6.42 Å². The van der Waals surface area contributed by atoms with Gasteiger partial charge >= 0.3 is 5.97 Å². The van der Waals surface area contributed by atoms with E-state index in [1.54, 1.807) is 0 Å². The second-order valence-electron chi connectivity index (χ2n) is 6.92. The van der Waals surface area contributed by atoms with E-state index >= 15 is 0 Å². The van der Waals surface area contributed by atoms with Crippen molar-refractivity contribution >= 4 is 23.7 Å². The predicted octanol–water partition coefficient (Wildman–Crippen LogP) is -4.43. The number of hydrogen-bond donors (Lipinski definition) is 9. The zero-order chi connectivity index (χ0) is 23.7. The number of rotatable bonds is 12. The van der Waals surface area contributed by atoms with Crippen LogP contribution in [0, 0.1) is 0 Å². The average molecular weight is 444 g/mol. The second-order valence-corrected chi connectivity index (χ2v) is 6.92. The van der Waals surface area contributed by atoms with Gasteiger partial charge in [-0.2, -0.15) is 0 Å². The molecule has 14 nitrogen and oxygen atoms in total. The van der Waals surface area contributed by atoms with Gasteiger partial charge < -0.3 is 47.1 Å². The van der Waals surface area contributed by atoms with Crippen molar-refractivity contribution in [1.29, 1.82) is 0 Å². The number of imidazole rings is 1. The third-order valence-corrected chi connectivity index (χ3v) is 4.25. The third-order valence-electron chi connectivity index (χ3n) is 4.25. The molecule has 0 aromatic carbocycles. The highest BCUT2D eigenvalue weighted by Gasteiger charge is 2.34. The molecule has 0 aliphatic rings. The number of H-pyrrole nitrogens is 1. The molecular formula is C17H28N6O8. The molecule has 6 unspecified atom stereocenters. The monoisotopic (exact) mass is 444 g/mol. The number of carboxylic acids is 1. The molecule has 1 aromatic rings. The van der Waals surface area contributed by atoms with Crippen molar-refractivity contribution in [2.75, 3.05) is 6.61 Å². The number of nitrogens with one attached hydrogen (secondary N) is 4. The van der Waals surface area contributed by atoms with Crippen LogP contribution >= 0.6 is 0 Å². The first kappa shape index (κ1) is 26.0. The quantitative estimate of drug-likeness (QED) is 0.150. The zero-order valence-electron chi connectivity index (χ0n) is 17.0. The van der Waals surface area contributed by atoms with Crippen LogP contribution in [-0.4, -0.2) is 97.1 Å². The van der Waals surface area contributed by atoms with Crippen molar-refractivity contribution < 1.29 is 39.6 Å². The highest BCUT2D eigenvalue weighted by atomic mass is 16.4. The fraction of sp³-hybridized carbons (Fsp3) is 0.588. The Morgan fingerprint density at radius 1 is 1.03 bits per heavy atom. The van der Waals surface area contributed by atoms with Gasteiger partial charge in [-0.05, 0) is 13.8 Å². The van der Waals surface area contributed by atoms with E-state index in [0.717, 1.165) is 6.92 Å². The number of nitrogens with zero attached hydrogens (tertiary/aromatic N) is 1. The third kappa shape index (κ3) is 7.93. The first-order chi connectivity index (χ1) is 14.5. The smallest absolute Gasteiger partial charge is 0.328 e. The van der Waals surface area contributed by atoms with Crippen LogP contribution in [0.1, 0.15) is 19.5 Å². The summed E-state index contributed by atoms with van der Waals surface area (Å²) in [5.41, 5.74) is 6.37. The number of hydrogen-bond acceptors (Lipinski definition) is 9. The molecule has 3 amide bonds. The number of amides is 3. The van der Waals surface area contributed by atoms with Gasteiger partial charge in [0.1, 0.15) is 18.1 Å². The Balaban J connectivity index is 2.83. The van der Waals surface area contributed by atoms with Crippen molar-refractivity contribution in [3.8, 4) is 0 Å². The molecule has 0 saturated heterocycles. The van der Waals surface area contributed by atoms with Crippen molar-refractivity contribution in [3.63, 3.8) is 0 Å². The Morgan fingerprint density at radius 3 is 1.97 bits per heavy atom. The zero-order valence-corrected chi connectivity index (χ0v) is 17.0. The van der Waals surface area contributed by atoms with Gasteiger partial charge in [0.05, 0.1) is 31.2 Å². The Hall–Kier alpha value is -3.07. The summed E-state index contributed by atoms with van der Waals surface area (Å²) < 4.78 is 0. The Kier molecular flexibility index (Phi) is 10.0. The number of carboxylic acid groups (broad SMARTS) is 1. The summed E-state index contributed by atoms with van der Waals surface area (Å²) >= 11 is 0. The van der Waals surface area contributed by atoms with Crippen LogP contribution in [0.15, 0.2) is 12.5 Å². The van der Waals surface area contributed by atoms with E-state index < -0.39 is 66.7 Å². The number of aliphatic hydroxyl groups is 3. The normalized spacial score (nSPS) is 16.8. The molecule has 1 heterocycles. The molecule has 0 saturated carbocycles. The molecular weight excluding hydrogens is 416 g/mol. The molecule has 0 bridgehead atoms. The minimum absolute atomic E-state index is 0.0798. The number of aromatic amines is 1. The van der Waals surface area contributed by atoms with Crippen LogP contribution < -0.4 is 21.7 Å². The molecule has 10 N–H and O–H groups in total. The maximum Gasteiger partial charge on any atom is 0.328 e. The van der Waals surface area contributed by atoms with Gasteiger partial charge in [0.2, 0.25) is 17.7 Å². The van der Waals surface area contributed by atoms with Crippen LogP contribution in [0.5, 0.6) is 0 Å². The minimum atomic E-state index is -1.65. The van der Waals surface area contributed by atoms with Gasteiger partial charge in [0, 0.05) is 18.3 Å². The Bertz CT molecular complexity index is 754. The highest BCUT2D eigenvalue weighted by molar-refractivity contribution is 5.94. The van der Waals surface area contributed by atoms with Gasteiger partial charge in [-0.1, -0.05) is 0 Å². The van der Waals surface area contributed by atoms with E-state index in [4.69, 9.17) is 15.9 Å². The molecule has 0 fully saturated rings. The molecule has 14 heteroatoms. The van der Waals surface area contributed by atoms with Crippen LogP contribution in [0.4, 0.5) is 0 Å². The molecule has 0 radical (unpaired) electrons. The summed E-state index contributed by atoms with van der Waals surface area (Å²) in [5, 5.41) is 44.0. The number of nitrogens with two attached hydrogens (primary N) is 1. The van der Waals surface area contributed by atoms with Gasteiger partial charge in [0.25, 0.3) is 0 Å². The lowest BCUT2D eigenvalue weighted by Crippen LogP contribution is -2.62. The predicted molar refractivity (Wildman–Crippen MR) is 104 cm³/mol. The van der Waals surface area contributed by atoms with E-state index in [9.17, 15) is 29.4 Å². The summed E-state index contributed by atoms with van der Waals surface area (Å²) in [6.07, 6.45) is 0.0829. The molecule has 174 valence electrons. The Labute approximate surface area is 177 Å². The molecule has 6 atom stereocenters. The Morgan fingerprint density at radius 2 is 1.55 bits per heavy atom. The molecule has 31 heavy (non-hydrogen) atoms. The standard InChI is InChI=1S/C17H28N6O8/c1-7(25)12(15(28)21-11(5-24)17(30)31)23-16(29)13(8(2)26)22-14(27)10(18)3-9-4-19-6-20-9/h4,6-8,10-13,24-26H,3,5,18H2,1-2H3,(H,19,20)(H,21,28)(H,22,27)(H,23,29)(H,30,31). The topological polar surface area (TPSA) is 240 Å². The van der Waals surface area contributed by atoms with Gasteiger partial charge in [-0.3, -0.25) is 14.4 Å². The lowest BCUT2D eigenvalue weighted by atomic mass is 10.1.